The third kappa shape index (κ3) is 6.46. The van der Waals surface area contributed by atoms with Gasteiger partial charge < -0.3 is 25.0 Å². The van der Waals surface area contributed by atoms with Gasteiger partial charge in [-0.05, 0) is 36.9 Å². The van der Waals surface area contributed by atoms with Gasteiger partial charge >= 0.3 is 0 Å². The van der Waals surface area contributed by atoms with Crippen LogP contribution in [0.15, 0.2) is 47.5 Å². The maximum Gasteiger partial charge on any atom is 0.191 e. The van der Waals surface area contributed by atoms with E-state index in [1.807, 2.05) is 18.2 Å². The Morgan fingerprint density at radius 1 is 1.00 bits per heavy atom. The lowest BCUT2D eigenvalue weighted by molar-refractivity contribution is 0.345. The molecule has 0 aliphatic carbocycles. The highest BCUT2D eigenvalue weighted by Gasteiger charge is 2.07. The SMILES string of the molecule is CCN(C)Cc1cccc(CNC(=NC)NCc2ccc(OC)cc2OC)c1. The van der Waals surface area contributed by atoms with Crippen molar-refractivity contribution in [1.82, 2.24) is 15.5 Å². The Kier molecular flexibility index (Phi) is 8.62. The molecule has 28 heavy (non-hydrogen) atoms. The van der Waals surface area contributed by atoms with Crippen molar-refractivity contribution in [2.45, 2.75) is 26.6 Å². The summed E-state index contributed by atoms with van der Waals surface area (Å²) in [5.74, 6) is 2.31. The monoisotopic (exact) mass is 384 g/mol. The van der Waals surface area contributed by atoms with Crippen LogP contribution in [0.1, 0.15) is 23.6 Å². The van der Waals surface area contributed by atoms with Crippen molar-refractivity contribution in [3.8, 4) is 11.5 Å². The predicted molar refractivity (Wildman–Crippen MR) is 115 cm³/mol. The summed E-state index contributed by atoms with van der Waals surface area (Å²) in [6, 6.07) is 14.4. The molecule has 0 bridgehead atoms. The van der Waals surface area contributed by atoms with Crippen LogP contribution in [0, 0.1) is 0 Å². The maximum absolute atomic E-state index is 5.45. The number of rotatable bonds is 9. The Labute approximate surface area is 168 Å². The zero-order chi connectivity index (χ0) is 20.4. The Bertz CT molecular complexity index is 777. The van der Waals surface area contributed by atoms with Crippen molar-refractivity contribution < 1.29 is 9.47 Å². The molecule has 0 amide bonds. The molecule has 0 atom stereocenters. The van der Waals surface area contributed by atoms with Crippen LogP contribution in [-0.2, 0) is 19.6 Å². The average Bonchev–Trinajstić information content (AvgIpc) is 2.73. The molecule has 0 aliphatic rings. The summed E-state index contributed by atoms with van der Waals surface area (Å²) in [4.78, 5) is 6.60. The molecule has 2 aromatic rings. The van der Waals surface area contributed by atoms with Crippen LogP contribution in [0.4, 0.5) is 0 Å². The van der Waals surface area contributed by atoms with Crippen molar-refractivity contribution >= 4 is 5.96 Å². The average molecular weight is 385 g/mol. The van der Waals surface area contributed by atoms with Crippen LogP contribution in [0.25, 0.3) is 0 Å². The normalized spacial score (nSPS) is 11.4. The van der Waals surface area contributed by atoms with Gasteiger partial charge in [0.15, 0.2) is 5.96 Å². The molecule has 0 spiro atoms. The smallest absolute Gasteiger partial charge is 0.191 e. The lowest BCUT2D eigenvalue weighted by atomic mass is 10.1. The summed E-state index contributed by atoms with van der Waals surface area (Å²) in [5.41, 5.74) is 3.58. The summed E-state index contributed by atoms with van der Waals surface area (Å²) in [7, 11) is 7.21. The number of methoxy groups -OCH3 is 2. The first kappa shape index (κ1) is 21.6. The third-order valence-electron chi connectivity index (χ3n) is 4.61. The molecule has 0 aromatic heterocycles. The van der Waals surface area contributed by atoms with Crippen LogP contribution in [0.3, 0.4) is 0 Å². The standard InChI is InChI=1S/C22H32N4O2/c1-6-26(3)16-18-9-7-8-17(12-18)14-24-22(23-2)25-15-19-10-11-20(27-4)13-21(19)28-5/h7-13H,6,14-16H2,1-5H3,(H2,23,24,25). The number of hydrogen-bond donors (Lipinski definition) is 2. The lowest BCUT2D eigenvalue weighted by Crippen LogP contribution is -2.36. The van der Waals surface area contributed by atoms with E-state index < -0.39 is 0 Å². The van der Waals surface area contributed by atoms with Gasteiger partial charge in [-0.2, -0.15) is 0 Å². The summed E-state index contributed by atoms with van der Waals surface area (Å²) in [6.07, 6.45) is 0. The van der Waals surface area contributed by atoms with Crippen LogP contribution in [-0.4, -0.2) is 45.7 Å². The molecule has 2 aromatic carbocycles. The van der Waals surface area contributed by atoms with Crippen LogP contribution < -0.4 is 20.1 Å². The van der Waals surface area contributed by atoms with Gasteiger partial charge in [0.2, 0.25) is 0 Å². The van der Waals surface area contributed by atoms with Crippen molar-refractivity contribution in [3.63, 3.8) is 0 Å². The molecule has 0 saturated heterocycles. The molecular formula is C22H32N4O2. The molecule has 0 heterocycles. The third-order valence-corrected chi connectivity index (χ3v) is 4.61. The van der Waals surface area contributed by atoms with Gasteiger partial charge in [0, 0.05) is 38.3 Å². The fourth-order valence-electron chi connectivity index (χ4n) is 2.84. The Hall–Kier alpha value is -2.73. The number of aliphatic imine (C=N–C) groups is 1. The van der Waals surface area contributed by atoms with Crippen LogP contribution in [0.2, 0.25) is 0 Å². The van der Waals surface area contributed by atoms with Crippen LogP contribution in [0.5, 0.6) is 11.5 Å². The first-order chi connectivity index (χ1) is 13.6. The molecule has 0 fully saturated rings. The van der Waals surface area contributed by atoms with Gasteiger partial charge in [-0.15, -0.1) is 0 Å². The van der Waals surface area contributed by atoms with E-state index in [4.69, 9.17) is 9.47 Å². The Morgan fingerprint density at radius 2 is 1.75 bits per heavy atom. The highest BCUT2D eigenvalue weighted by Crippen LogP contribution is 2.24. The molecule has 6 heteroatoms. The molecule has 2 N–H and O–H groups in total. The fourth-order valence-corrected chi connectivity index (χ4v) is 2.84. The second kappa shape index (κ2) is 11.2. The minimum absolute atomic E-state index is 0.605. The van der Waals surface area contributed by atoms with Crippen molar-refractivity contribution in [2.24, 2.45) is 4.99 Å². The summed E-state index contributed by atoms with van der Waals surface area (Å²) < 4.78 is 10.7. The molecule has 0 unspecified atom stereocenters. The zero-order valence-electron chi connectivity index (χ0n) is 17.6. The number of nitrogens with one attached hydrogen (secondary N) is 2. The zero-order valence-corrected chi connectivity index (χ0v) is 17.6. The van der Waals surface area contributed by atoms with E-state index in [0.717, 1.165) is 36.1 Å². The highest BCUT2D eigenvalue weighted by atomic mass is 16.5. The largest absolute Gasteiger partial charge is 0.497 e. The molecule has 0 aliphatic heterocycles. The van der Waals surface area contributed by atoms with Gasteiger partial charge in [0.25, 0.3) is 0 Å². The quantitative estimate of drug-likeness (QED) is 0.514. The molecular weight excluding hydrogens is 352 g/mol. The number of nitrogens with zero attached hydrogens (tertiary/aromatic N) is 2. The van der Waals surface area contributed by atoms with Gasteiger partial charge in [-0.3, -0.25) is 4.99 Å². The second-order valence-electron chi connectivity index (χ2n) is 6.61. The Balaban J connectivity index is 1.92. The predicted octanol–water partition coefficient (Wildman–Crippen LogP) is 3.02. The molecule has 0 radical (unpaired) electrons. The lowest BCUT2D eigenvalue weighted by Gasteiger charge is -2.16. The van der Waals surface area contributed by atoms with E-state index in [0.29, 0.717) is 13.1 Å². The van der Waals surface area contributed by atoms with E-state index in [1.54, 1.807) is 21.3 Å². The van der Waals surface area contributed by atoms with Crippen molar-refractivity contribution in [2.75, 3.05) is 34.9 Å². The number of hydrogen-bond acceptors (Lipinski definition) is 4. The first-order valence-electron chi connectivity index (χ1n) is 9.51. The number of benzene rings is 2. The van der Waals surface area contributed by atoms with E-state index >= 15 is 0 Å². The van der Waals surface area contributed by atoms with E-state index in [1.165, 1.54) is 11.1 Å². The molecule has 2 rings (SSSR count). The molecule has 152 valence electrons. The van der Waals surface area contributed by atoms with Gasteiger partial charge in [0.1, 0.15) is 11.5 Å². The fraction of sp³-hybridized carbons (Fsp3) is 0.409. The van der Waals surface area contributed by atoms with Gasteiger partial charge in [0.05, 0.1) is 14.2 Å². The summed E-state index contributed by atoms with van der Waals surface area (Å²) in [5, 5.41) is 6.70. The summed E-state index contributed by atoms with van der Waals surface area (Å²) in [6.45, 7) is 5.47. The number of ether oxygens (including phenoxy) is 2. The number of guanidine groups is 1. The van der Waals surface area contributed by atoms with E-state index in [9.17, 15) is 0 Å². The highest BCUT2D eigenvalue weighted by molar-refractivity contribution is 5.79. The topological polar surface area (TPSA) is 58.1 Å². The van der Waals surface area contributed by atoms with Gasteiger partial charge in [-0.25, -0.2) is 0 Å². The van der Waals surface area contributed by atoms with Crippen molar-refractivity contribution in [1.29, 1.82) is 0 Å². The van der Waals surface area contributed by atoms with Crippen molar-refractivity contribution in [3.05, 3.63) is 59.2 Å². The Morgan fingerprint density at radius 3 is 2.43 bits per heavy atom. The first-order valence-corrected chi connectivity index (χ1v) is 9.51. The van der Waals surface area contributed by atoms with E-state index in [-0.39, 0.29) is 0 Å². The minimum atomic E-state index is 0.605. The minimum Gasteiger partial charge on any atom is -0.497 e. The van der Waals surface area contributed by atoms with E-state index in [2.05, 4.69) is 58.8 Å². The van der Waals surface area contributed by atoms with Gasteiger partial charge in [-0.1, -0.05) is 31.2 Å². The molecule has 0 saturated carbocycles. The summed E-state index contributed by atoms with van der Waals surface area (Å²) >= 11 is 0. The maximum atomic E-state index is 5.45. The molecule has 6 nitrogen and oxygen atoms in total. The van der Waals surface area contributed by atoms with Crippen LogP contribution >= 0.6 is 0 Å². The second-order valence-corrected chi connectivity index (χ2v) is 6.61.